The molecule has 4 N–H and O–H groups in total. The van der Waals surface area contributed by atoms with Crippen molar-refractivity contribution >= 4 is 33.9 Å². The van der Waals surface area contributed by atoms with E-state index in [0.29, 0.717) is 50.2 Å². The van der Waals surface area contributed by atoms with Crippen LogP contribution in [0.4, 0.5) is 15.8 Å². The maximum Gasteiger partial charge on any atom is 0.141 e. The first kappa shape index (κ1) is 26.8. The normalized spacial score (nSPS) is 16.1. The number of fused-ring (bicyclic) bond motifs is 1. The second-order valence-corrected chi connectivity index (χ2v) is 10.8. The minimum absolute atomic E-state index is 0.0228. The second-order valence-electron chi connectivity index (χ2n) is 10.4. The number of rotatable bonds is 9. The summed E-state index contributed by atoms with van der Waals surface area (Å²) < 4.78 is 14.4. The Labute approximate surface area is 243 Å². The van der Waals surface area contributed by atoms with Gasteiger partial charge in [0.2, 0.25) is 0 Å². The number of pyridine rings is 2. The third-order valence-electron chi connectivity index (χ3n) is 7.55. The molecule has 0 unspecified atom stereocenters. The van der Waals surface area contributed by atoms with Gasteiger partial charge in [0, 0.05) is 40.8 Å². The SMILES string of the molecule is CC[C@@H](Nc1c(C#N)cnc2c(Cl)cc(N[C@H](C3=CN(C4CC4)NN3)c3cc(F)cnc3C)cc12)c1ccccc1. The highest BCUT2D eigenvalue weighted by Crippen LogP contribution is 2.38. The van der Waals surface area contributed by atoms with Gasteiger partial charge in [-0.25, -0.2) is 4.39 Å². The third-order valence-corrected chi connectivity index (χ3v) is 7.84. The molecule has 2 aliphatic rings. The van der Waals surface area contributed by atoms with Gasteiger partial charge in [0.1, 0.15) is 11.9 Å². The molecule has 10 heteroatoms. The van der Waals surface area contributed by atoms with Gasteiger partial charge in [-0.15, -0.1) is 5.53 Å². The average Bonchev–Trinajstić information content (AvgIpc) is 3.73. The van der Waals surface area contributed by atoms with Crippen LogP contribution in [-0.2, 0) is 0 Å². The second kappa shape index (κ2) is 11.2. The minimum atomic E-state index is -0.459. The van der Waals surface area contributed by atoms with E-state index in [9.17, 15) is 9.65 Å². The molecule has 0 radical (unpaired) electrons. The van der Waals surface area contributed by atoms with Crippen LogP contribution in [-0.4, -0.2) is 21.0 Å². The molecule has 0 bridgehead atoms. The lowest BCUT2D eigenvalue weighted by Crippen LogP contribution is -2.38. The van der Waals surface area contributed by atoms with Crippen molar-refractivity contribution in [3.05, 3.63) is 106 Å². The number of nitrogens with one attached hydrogen (secondary N) is 4. The monoisotopic (exact) mass is 568 g/mol. The predicted octanol–water partition coefficient (Wildman–Crippen LogP) is 6.65. The van der Waals surface area contributed by atoms with Gasteiger partial charge < -0.3 is 16.1 Å². The van der Waals surface area contributed by atoms with Crippen LogP contribution >= 0.6 is 11.6 Å². The van der Waals surface area contributed by atoms with Gasteiger partial charge >= 0.3 is 0 Å². The lowest BCUT2D eigenvalue weighted by Gasteiger charge is -2.24. The fourth-order valence-electron chi connectivity index (χ4n) is 5.21. The Bertz CT molecular complexity index is 1660. The van der Waals surface area contributed by atoms with Gasteiger partial charge in [0.25, 0.3) is 0 Å². The van der Waals surface area contributed by atoms with Crippen molar-refractivity contribution in [3.63, 3.8) is 0 Å². The van der Waals surface area contributed by atoms with E-state index in [1.54, 1.807) is 12.3 Å². The smallest absolute Gasteiger partial charge is 0.141 e. The first-order valence-electron chi connectivity index (χ1n) is 13.7. The number of benzene rings is 2. The van der Waals surface area contributed by atoms with Crippen LogP contribution in [0.2, 0.25) is 5.02 Å². The number of nitriles is 1. The largest absolute Gasteiger partial charge is 0.377 e. The first-order valence-corrected chi connectivity index (χ1v) is 14.1. The highest BCUT2D eigenvalue weighted by Gasteiger charge is 2.33. The molecule has 0 amide bonds. The Morgan fingerprint density at radius 1 is 1.15 bits per heavy atom. The molecule has 1 aliphatic carbocycles. The molecule has 4 aromatic rings. The standard InChI is InChI=1S/C31H30ClFN8/c1-3-27(19-7-5-4-6-8-19)38-29-20(14-34)15-36-30-25(29)12-22(13-26(30)32)37-31(24-11-21(33)16-35-18(24)2)28-17-41(40-39-28)23-9-10-23/h4-8,11-13,15-17,23,27,31,37,39-40H,3,9-10H2,1-2H3,(H,36,38)/t27-,31+/m1/s1. The Kier molecular flexibility index (Phi) is 7.35. The molecule has 41 heavy (non-hydrogen) atoms. The summed E-state index contributed by atoms with van der Waals surface area (Å²) in [5.74, 6) is -0.416. The van der Waals surface area contributed by atoms with Gasteiger partial charge in [-0.05, 0) is 49.9 Å². The summed E-state index contributed by atoms with van der Waals surface area (Å²) in [6, 6.07) is 17.6. The molecule has 1 saturated carbocycles. The topological polar surface area (TPSA) is 101 Å². The summed E-state index contributed by atoms with van der Waals surface area (Å²) in [4.78, 5) is 8.78. The Balaban J connectivity index is 1.43. The molecule has 0 spiro atoms. The van der Waals surface area contributed by atoms with Crippen molar-refractivity contribution in [2.45, 2.75) is 51.2 Å². The van der Waals surface area contributed by atoms with Crippen LogP contribution in [0, 0.1) is 24.1 Å². The van der Waals surface area contributed by atoms with Crippen molar-refractivity contribution in [2.75, 3.05) is 10.6 Å². The van der Waals surface area contributed by atoms with E-state index in [2.05, 4.69) is 56.7 Å². The van der Waals surface area contributed by atoms with Gasteiger partial charge in [0.05, 0.1) is 45.8 Å². The number of hydrazine groups is 2. The van der Waals surface area contributed by atoms with Gasteiger partial charge in [-0.1, -0.05) is 48.9 Å². The highest BCUT2D eigenvalue weighted by atomic mass is 35.5. The molecule has 2 aromatic heterocycles. The lowest BCUT2D eigenvalue weighted by atomic mass is 10.0. The minimum Gasteiger partial charge on any atom is -0.377 e. The van der Waals surface area contributed by atoms with E-state index >= 15 is 0 Å². The quantitative estimate of drug-likeness (QED) is 0.178. The molecule has 1 fully saturated rings. The number of hydrogen-bond acceptors (Lipinski definition) is 8. The van der Waals surface area contributed by atoms with Gasteiger partial charge in [0.15, 0.2) is 0 Å². The molecule has 2 aromatic carbocycles. The maximum absolute atomic E-state index is 14.4. The van der Waals surface area contributed by atoms with Crippen LogP contribution in [0.1, 0.15) is 60.7 Å². The van der Waals surface area contributed by atoms with Crippen LogP contribution < -0.4 is 21.6 Å². The van der Waals surface area contributed by atoms with Crippen LogP contribution in [0.5, 0.6) is 0 Å². The van der Waals surface area contributed by atoms with Crippen LogP contribution in [0.15, 0.2) is 72.8 Å². The van der Waals surface area contributed by atoms with E-state index in [0.717, 1.165) is 30.5 Å². The van der Waals surface area contributed by atoms with E-state index in [4.69, 9.17) is 11.6 Å². The summed E-state index contributed by atoms with van der Waals surface area (Å²) in [5.41, 5.74) is 12.1. The van der Waals surface area contributed by atoms with Crippen molar-refractivity contribution in [1.29, 1.82) is 5.26 Å². The number of aryl methyl sites for hydroxylation is 1. The fourth-order valence-corrected chi connectivity index (χ4v) is 5.48. The summed E-state index contributed by atoms with van der Waals surface area (Å²) in [5, 5.41) is 20.3. The van der Waals surface area contributed by atoms with Crippen molar-refractivity contribution in [3.8, 4) is 6.07 Å². The third kappa shape index (κ3) is 5.49. The summed E-state index contributed by atoms with van der Waals surface area (Å²) >= 11 is 6.80. The van der Waals surface area contributed by atoms with Crippen LogP contribution in [0.25, 0.3) is 10.9 Å². The molecule has 0 saturated heterocycles. The molecule has 208 valence electrons. The van der Waals surface area contributed by atoms with E-state index in [1.807, 2.05) is 42.4 Å². The molecule has 8 nitrogen and oxygen atoms in total. The summed E-state index contributed by atoms with van der Waals surface area (Å²) in [6.45, 7) is 3.96. The maximum atomic E-state index is 14.4. The van der Waals surface area contributed by atoms with Crippen molar-refractivity contribution in [2.24, 2.45) is 0 Å². The van der Waals surface area contributed by atoms with Crippen molar-refractivity contribution in [1.82, 2.24) is 25.9 Å². The Hall–Kier alpha value is -4.39. The number of halogens is 2. The fraction of sp³-hybridized carbons (Fsp3) is 0.258. The first-order chi connectivity index (χ1) is 19.9. The lowest BCUT2D eigenvalue weighted by molar-refractivity contribution is 0.260. The molecule has 2 atom stereocenters. The number of nitrogens with zero attached hydrogens (tertiary/aromatic N) is 4. The number of hydrogen-bond donors (Lipinski definition) is 4. The molecular weight excluding hydrogens is 539 g/mol. The zero-order valence-corrected chi connectivity index (χ0v) is 23.5. The zero-order valence-electron chi connectivity index (χ0n) is 22.7. The van der Waals surface area contributed by atoms with E-state index in [1.165, 1.54) is 12.3 Å². The molecule has 6 rings (SSSR count). The van der Waals surface area contributed by atoms with Gasteiger partial charge in [-0.2, -0.15) is 5.26 Å². The Morgan fingerprint density at radius 3 is 2.68 bits per heavy atom. The van der Waals surface area contributed by atoms with Crippen molar-refractivity contribution < 1.29 is 4.39 Å². The molecule has 3 heterocycles. The van der Waals surface area contributed by atoms with Crippen LogP contribution in [0.3, 0.4) is 0 Å². The summed E-state index contributed by atoms with van der Waals surface area (Å²) in [6.07, 6.45) is 7.82. The number of aromatic nitrogens is 2. The van der Waals surface area contributed by atoms with E-state index in [-0.39, 0.29) is 6.04 Å². The number of anilines is 2. The zero-order chi connectivity index (χ0) is 28.5. The predicted molar refractivity (Wildman–Crippen MR) is 159 cm³/mol. The van der Waals surface area contributed by atoms with Gasteiger partial charge in [-0.3, -0.25) is 15.0 Å². The molecular formula is C31H30ClFN8. The average molecular weight is 569 g/mol. The Morgan fingerprint density at radius 2 is 1.95 bits per heavy atom. The highest BCUT2D eigenvalue weighted by molar-refractivity contribution is 6.35. The molecule has 1 aliphatic heterocycles. The van der Waals surface area contributed by atoms with E-state index < -0.39 is 11.9 Å². The summed E-state index contributed by atoms with van der Waals surface area (Å²) in [7, 11) is 0.